The van der Waals surface area contributed by atoms with Crippen molar-refractivity contribution in [2.45, 2.75) is 58.7 Å². The molecule has 0 aromatic heterocycles. The SMILES string of the molecule is CC(=O)O[C@@H]1C[C@@]2(O)[C@H](C)CC[C@@H]([C@H](C)CN3CCN(c4ccccc4)CC3)[C@H]2C=C1C. The van der Waals surface area contributed by atoms with Gasteiger partial charge in [-0.1, -0.05) is 38.1 Å². The molecule has 2 aliphatic carbocycles. The third-order valence-electron chi connectivity index (χ3n) is 8.37. The van der Waals surface area contributed by atoms with E-state index in [9.17, 15) is 9.90 Å². The Morgan fingerprint density at radius 2 is 1.88 bits per heavy atom. The van der Waals surface area contributed by atoms with E-state index in [1.54, 1.807) is 0 Å². The van der Waals surface area contributed by atoms with Crippen LogP contribution in [0.1, 0.15) is 47.0 Å². The van der Waals surface area contributed by atoms with Crippen LogP contribution in [0.4, 0.5) is 5.69 Å². The maximum Gasteiger partial charge on any atom is 0.303 e. The smallest absolute Gasteiger partial charge is 0.303 e. The lowest BCUT2D eigenvalue weighted by Gasteiger charge is -2.53. The minimum atomic E-state index is -0.789. The monoisotopic (exact) mass is 440 g/mol. The predicted molar refractivity (Wildman–Crippen MR) is 129 cm³/mol. The minimum absolute atomic E-state index is 0.138. The van der Waals surface area contributed by atoms with Crippen LogP contribution in [0, 0.1) is 23.7 Å². The summed E-state index contributed by atoms with van der Waals surface area (Å²) in [7, 11) is 0. The van der Waals surface area contributed by atoms with Gasteiger partial charge in [0.05, 0.1) is 5.60 Å². The summed E-state index contributed by atoms with van der Waals surface area (Å²) in [5.74, 6) is 1.05. The molecule has 1 heterocycles. The number of hydrogen-bond acceptors (Lipinski definition) is 5. The summed E-state index contributed by atoms with van der Waals surface area (Å²) in [5.41, 5.74) is 1.62. The lowest BCUT2D eigenvalue weighted by Crippen LogP contribution is -2.56. The maximum absolute atomic E-state index is 11.8. The number of benzene rings is 1. The lowest BCUT2D eigenvalue weighted by molar-refractivity contribution is -0.159. The van der Waals surface area contributed by atoms with E-state index in [4.69, 9.17) is 4.74 Å². The molecular formula is C27H40N2O3. The number of carbonyl (C=O) groups is 1. The Balaban J connectivity index is 1.41. The number of para-hydroxylation sites is 1. The maximum atomic E-state index is 11.8. The third kappa shape index (κ3) is 4.74. The number of ether oxygens (including phenoxy) is 1. The van der Waals surface area contributed by atoms with Gasteiger partial charge in [0, 0.05) is 57.7 Å². The highest BCUT2D eigenvalue weighted by Crippen LogP contribution is 2.51. The van der Waals surface area contributed by atoms with Crippen molar-refractivity contribution in [3.8, 4) is 0 Å². The van der Waals surface area contributed by atoms with Crippen molar-refractivity contribution in [2.75, 3.05) is 37.6 Å². The molecule has 5 nitrogen and oxygen atoms in total. The summed E-state index contributed by atoms with van der Waals surface area (Å²) in [4.78, 5) is 16.6. The number of rotatable bonds is 5. The van der Waals surface area contributed by atoms with Crippen LogP contribution in [0.15, 0.2) is 42.0 Å². The quantitative estimate of drug-likeness (QED) is 0.551. The summed E-state index contributed by atoms with van der Waals surface area (Å²) in [6.45, 7) is 13.4. The van der Waals surface area contributed by atoms with E-state index in [0.717, 1.165) is 51.1 Å². The first-order valence-corrected chi connectivity index (χ1v) is 12.4. The molecule has 1 saturated carbocycles. The van der Waals surface area contributed by atoms with Gasteiger partial charge in [0.2, 0.25) is 0 Å². The lowest BCUT2D eigenvalue weighted by atomic mass is 9.57. The number of fused-ring (bicyclic) bond motifs is 1. The minimum Gasteiger partial charge on any atom is -0.458 e. The molecule has 1 aromatic carbocycles. The molecule has 3 aliphatic rings. The zero-order chi connectivity index (χ0) is 22.9. The second-order valence-electron chi connectivity index (χ2n) is 10.5. The first-order valence-electron chi connectivity index (χ1n) is 12.4. The highest BCUT2D eigenvalue weighted by molar-refractivity contribution is 5.66. The molecule has 32 heavy (non-hydrogen) atoms. The summed E-state index contributed by atoms with van der Waals surface area (Å²) in [6.07, 6.45) is 4.66. The largest absolute Gasteiger partial charge is 0.458 e. The molecule has 0 spiro atoms. The number of aliphatic hydroxyl groups is 1. The van der Waals surface area contributed by atoms with Crippen LogP contribution in [-0.4, -0.2) is 60.4 Å². The van der Waals surface area contributed by atoms with Crippen LogP contribution in [0.2, 0.25) is 0 Å². The average molecular weight is 441 g/mol. The fourth-order valence-electron chi connectivity index (χ4n) is 6.37. The van der Waals surface area contributed by atoms with Crippen molar-refractivity contribution in [3.63, 3.8) is 0 Å². The molecule has 1 aromatic rings. The Morgan fingerprint density at radius 1 is 1.19 bits per heavy atom. The molecule has 0 bridgehead atoms. The van der Waals surface area contributed by atoms with E-state index in [-0.39, 0.29) is 23.9 Å². The Kier molecular flexibility index (Phi) is 6.97. The first-order chi connectivity index (χ1) is 15.3. The summed E-state index contributed by atoms with van der Waals surface area (Å²) >= 11 is 0. The van der Waals surface area contributed by atoms with E-state index in [0.29, 0.717) is 18.3 Å². The summed E-state index contributed by atoms with van der Waals surface area (Å²) < 4.78 is 5.55. The Hall–Kier alpha value is -1.85. The molecule has 176 valence electrons. The summed E-state index contributed by atoms with van der Waals surface area (Å²) in [6, 6.07) is 10.7. The zero-order valence-corrected chi connectivity index (χ0v) is 20.2. The number of hydrogen-bond donors (Lipinski definition) is 1. The summed E-state index contributed by atoms with van der Waals surface area (Å²) in [5, 5.41) is 11.8. The Morgan fingerprint density at radius 3 is 2.53 bits per heavy atom. The molecule has 1 aliphatic heterocycles. The second-order valence-corrected chi connectivity index (χ2v) is 10.5. The second kappa shape index (κ2) is 9.56. The number of piperazine rings is 1. The van der Waals surface area contributed by atoms with Crippen molar-refractivity contribution >= 4 is 11.7 Å². The molecule has 0 amide bonds. The molecule has 0 unspecified atom stereocenters. The number of carbonyl (C=O) groups excluding carboxylic acids is 1. The number of anilines is 1. The molecule has 1 N–H and O–H groups in total. The standard InChI is InChI=1S/C27H40N2O3/c1-19-16-25-24(11-10-21(3)27(25,31)17-26(19)32-22(4)30)20(2)18-28-12-14-29(15-13-28)23-8-6-5-7-9-23/h5-9,16,20-21,24-26,31H,10-15,17-18H2,1-4H3/t20-,21-,24+,25-,26-,27-/m1/s1. The third-order valence-corrected chi connectivity index (χ3v) is 8.37. The Labute approximate surface area is 193 Å². The number of esters is 1. The average Bonchev–Trinajstić information content (AvgIpc) is 2.77. The van der Waals surface area contributed by atoms with Gasteiger partial charge in [-0.15, -0.1) is 0 Å². The fourth-order valence-corrected chi connectivity index (χ4v) is 6.37. The first kappa shape index (κ1) is 23.3. The van der Waals surface area contributed by atoms with E-state index < -0.39 is 5.60 Å². The van der Waals surface area contributed by atoms with Crippen molar-refractivity contribution in [3.05, 3.63) is 42.0 Å². The van der Waals surface area contributed by atoms with Crippen molar-refractivity contribution in [1.82, 2.24) is 4.90 Å². The van der Waals surface area contributed by atoms with E-state index in [1.807, 2.05) is 0 Å². The van der Waals surface area contributed by atoms with Crippen LogP contribution in [0.25, 0.3) is 0 Å². The topological polar surface area (TPSA) is 53.0 Å². The van der Waals surface area contributed by atoms with Gasteiger partial charge in [0.15, 0.2) is 0 Å². The molecule has 5 heteroatoms. The molecule has 0 radical (unpaired) electrons. The molecule has 6 atom stereocenters. The van der Waals surface area contributed by atoms with Crippen LogP contribution in [0.5, 0.6) is 0 Å². The van der Waals surface area contributed by atoms with Crippen LogP contribution >= 0.6 is 0 Å². The van der Waals surface area contributed by atoms with Gasteiger partial charge in [0.25, 0.3) is 0 Å². The van der Waals surface area contributed by atoms with Crippen LogP contribution in [0.3, 0.4) is 0 Å². The highest BCUT2D eigenvalue weighted by Gasteiger charge is 2.52. The normalized spacial score (nSPS) is 34.4. The van der Waals surface area contributed by atoms with Crippen LogP contribution < -0.4 is 4.90 Å². The predicted octanol–water partition coefficient (Wildman–Crippen LogP) is 4.12. The van der Waals surface area contributed by atoms with Crippen molar-refractivity contribution in [2.24, 2.45) is 23.7 Å². The van der Waals surface area contributed by atoms with E-state index in [1.165, 1.54) is 12.6 Å². The van der Waals surface area contributed by atoms with Gasteiger partial charge in [-0.25, -0.2) is 0 Å². The van der Waals surface area contributed by atoms with Gasteiger partial charge >= 0.3 is 5.97 Å². The van der Waals surface area contributed by atoms with Gasteiger partial charge in [0.1, 0.15) is 6.10 Å². The van der Waals surface area contributed by atoms with Crippen LogP contribution in [-0.2, 0) is 9.53 Å². The number of nitrogens with zero attached hydrogens (tertiary/aromatic N) is 2. The fraction of sp³-hybridized carbons (Fsp3) is 0.667. The van der Waals surface area contributed by atoms with Gasteiger partial charge in [-0.05, 0) is 55.2 Å². The van der Waals surface area contributed by atoms with Crippen molar-refractivity contribution < 1.29 is 14.6 Å². The molecular weight excluding hydrogens is 400 g/mol. The molecule has 1 saturated heterocycles. The van der Waals surface area contributed by atoms with Crippen molar-refractivity contribution in [1.29, 1.82) is 0 Å². The van der Waals surface area contributed by atoms with Gasteiger partial charge < -0.3 is 14.7 Å². The van der Waals surface area contributed by atoms with Gasteiger partial charge in [-0.3, -0.25) is 9.69 Å². The molecule has 4 rings (SSSR count). The molecule has 2 fully saturated rings. The van der Waals surface area contributed by atoms with E-state index in [2.05, 4.69) is 67.0 Å². The Bertz CT molecular complexity index is 817. The van der Waals surface area contributed by atoms with Gasteiger partial charge in [-0.2, -0.15) is 0 Å². The van der Waals surface area contributed by atoms with E-state index >= 15 is 0 Å². The highest BCUT2D eigenvalue weighted by atomic mass is 16.5. The zero-order valence-electron chi connectivity index (χ0n) is 20.2.